The number of hydrogen-bond acceptors (Lipinski definition) is 5. The van der Waals surface area contributed by atoms with Gasteiger partial charge in [0.25, 0.3) is 5.91 Å². The van der Waals surface area contributed by atoms with Crippen LogP contribution in [0.4, 0.5) is 0 Å². The summed E-state index contributed by atoms with van der Waals surface area (Å²) >= 11 is 0. The molecule has 0 atom stereocenters. The molecule has 136 valence electrons. The van der Waals surface area contributed by atoms with Gasteiger partial charge in [0.2, 0.25) is 0 Å². The van der Waals surface area contributed by atoms with Crippen LogP contribution in [0.1, 0.15) is 27.4 Å². The first kappa shape index (κ1) is 16.7. The molecule has 0 aliphatic rings. The highest BCUT2D eigenvalue weighted by Crippen LogP contribution is 2.32. The van der Waals surface area contributed by atoms with Crippen LogP contribution in [-0.2, 0) is 6.54 Å². The van der Waals surface area contributed by atoms with E-state index in [0.29, 0.717) is 29.3 Å². The van der Waals surface area contributed by atoms with Gasteiger partial charge in [0.1, 0.15) is 11.5 Å². The van der Waals surface area contributed by atoms with Gasteiger partial charge in [0, 0.05) is 5.56 Å². The highest BCUT2D eigenvalue weighted by atomic mass is 16.5. The number of carbonyl (C=O) groups is 1. The van der Waals surface area contributed by atoms with Crippen LogP contribution in [0.2, 0.25) is 0 Å². The highest BCUT2D eigenvalue weighted by molar-refractivity contribution is 6.05. The number of amides is 1. The summed E-state index contributed by atoms with van der Waals surface area (Å²) in [5, 5.41) is 10.9. The molecule has 0 aliphatic heterocycles. The van der Waals surface area contributed by atoms with E-state index in [0.717, 1.165) is 16.5 Å². The van der Waals surface area contributed by atoms with Crippen LogP contribution in [0.5, 0.6) is 5.75 Å². The number of ether oxygens (including phenoxy) is 1. The van der Waals surface area contributed by atoms with E-state index in [1.807, 2.05) is 24.3 Å². The Morgan fingerprint density at radius 2 is 2.19 bits per heavy atom. The van der Waals surface area contributed by atoms with Crippen molar-refractivity contribution in [1.29, 1.82) is 0 Å². The Balaban J connectivity index is 1.67. The minimum absolute atomic E-state index is 0.254. The van der Waals surface area contributed by atoms with E-state index in [1.165, 1.54) is 7.11 Å². The van der Waals surface area contributed by atoms with Gasteiger partial charge in [-0.05, 0) is 42.5 Å². The third-order valence-corrected chi connectivity index (χ3v) is 4.14. The minimum atomic E-state index is -0.254. The fraction of sp³-hybridized carbons (Fsp3) is 0.100. The minimum Gasteiger partial charge on any atom is -0.495 e. The summed E-state index contributed by atoms with van der Waals surface area (Å²) in [6.45, 7) is 0.297. The normalized spacial score (nSPS) is 11.3. The van der Waals surface area contributed by atoms with Gasteiger partial charge in [0.05, 0.1) is 54.6 Å². The number of aromatic amines is 1. The van der Waals surface area contributed by atoms with E-state index >= 15 is 0 Å². The van der Waals surface area contributed by atoms with E-state index in [1.54, 1.807) is 37.0 Å². The number of furan rings is 2. The maximum absolute atomic E-state index is 12.6. The van der Waals surface area contributed by atoms with Gasteiger partial charge >= 0.3 is 0 Å². The van der Waals surface area contributed by atoms with Gasteiger partial charge in [-0.15, -0.1) is 0 Å². The Morgan fingerprint density at radius 3 is 2.93 bits per heavy atom. The Bertz CT molecular complexity index is 1080. The smallest absolute Gasteiger partial charge is 0.255 e. The van der Waals surface area contributed by atoms with Crippen molar-refractivity contribution in [3.8, 4) is 5.75 Å². The molecule has 0 saturated heterocycles. The van der Waals surface area contributed by atoms with Gasteiger partial charge in [-0.3, -0.25) is 9.89 Å². The van der Waals surface area contributed by atoms with Gasteiger partial charge in [-0.2, -0.15) is 5.10 Å². The Kier molecular flexibility index (Phi) is 4.49. The number of methoxy groups -OCH3 is 1. The second-order valence-corrected chi connectivity index (χ2v) is 5.83. The van der Waals surface area contributed by atoms with Crippen molar-refractivity contribution in [2.75, 3.05) is 7.11 Å². The standard InChI is InChI=1S/C20H17N3O4/c1-25-19-15(20(24)21-11-14-3-2-9-27-14)5-7-17-18(19)16(22-23-17)6-4-13-8-10-26-12-13/h2-10,12H,11H2,1H3,(H,21,24)(H,22,23). The van der Waals surface area contributed by atoms with Crippen molar-refractivity contribution >= 4 is 29.0 Å². The Hall–Kier alpha value is -3.74. The van der Waals surface area contributed by atoms with Gasteiger partial charge in [0.15, 0.2) is 0 Å². The number of fused-ring (bicyclic) bond motifs is 1. The van der Waals surface area contributed by atoms with Crippen LogP contribution in [0.3, 0.4) is 0 Å². The average Bonchev–Trinajstić information content (AvgIpc) is 3.45. The summed E-state index contributed by atoms with van der Waals surface area (Å²) in [7, 11) is 1.54. The zero-order valence-corrected chi connectivity index (χ0v) is 14.6. The number of nitrogens with zero attached hydrogens (tertiary/aromatic N) is 1. The quantitative estimate of drug-likeness (QED) is 0.543. The number of H-pyrrole nitrogens is 1. The maximum atomic E-state index is 12.6. The number of aromatic nitrogens is 2. The molecule has 0 bridgehead atoms. The molecule has 4 aromatic rings. The molecule has 1 amide bonds. The fourth-order valence-electron chi connectivity index (χ4n) is 2.84. The van der Waals surface area contributed by atoms with Crippen molar-refractivity contribution in [1.82, 2.24) is 15.5 Å². The number of rotatable bonds is 6. The van der Waals surface area contributed by atoms with E-state index in [4.69, 9.17) is 13.6 Å². The van der Waals surface area contributed by atoms with Gasteiger partial charge < -0.3 is 18.9 Å². The number of benzene rings is 1. The van der Waals surface area contributed by atoms with Crippen LogP contribution in [-0.4, -0.2) is 23.2 Å². The molecular weight excluding hydrogens is 346 g/mol. The monoisotopic (exact) mass is 363 g/mol. The van der Waals surface area contributed by atoms with Crippen molar-refractivity contribution in [2.24, 2.45) is 0 Å². The molecule has 0 aliphatic carbocycles. The first-order valence-corrected chi connectivity index (χ1v) is 8.32. The van der Waals surface area contributed by atoms with Crippen LogP contribution in [0.25, 0.3) is 23.1 Å². The summed E-state index contributed by atoms with van der Waals surface area (Å²) < 4.78 is 15.9. The third-order valence-electron chi connectivity index (χ3n) is 4.14. The molecule has 0 saturated carbocycles. The topological polar surface area (TPSA) is 93.3 Å². The SMILES string of the molecule is COc1c(C(=O)NCc2ccco2)ccc2[nH]nc(C=Cc3ccoc3)c12. The first-order chi connectivity index (χ1) is 13.3. The fourth-order valence-corrected chi connectivity index (χ4v) is 2.84. The molecule has 0 radical (unpaired) electrons. The van der Waals surface area contributed by atoms with E-state index in [-0.39, 0.29) is 5.91 Å². The summed E-state index contributed by atoms with van der Waals surface area (Å²) in [5.74, 6) is 0.886. The Morgan fingerprint density at radius 1 is 1.26 bits per heavy atom. The van der Waals surface area contributed by atoms with Crippen LogP contribution < -0.4 is 10.1 Å². The van der Waals surface area contributed by atoms with Gasteiger partial charge in [-0.1, -0.05) is 0 Å². The molecule has 0 spiro atoms. The summed E-state index contributed by atoms with van der Waals surface area (Å²) in [6.07, 6.45) is 8.53. The van der Waals surface area contributed by atoms with E-state index < -0.39 is 0 Å². The molecule has 2 N–H and O–H groups in total. The number of hydrogen-bond donors (Lipinski definition) is 2. The predicted molar refractivity (Wildman–Crippen MR) is 100 cm³/mol. The zero-order chi connectivity index (χ0) is 18.6. The van der Waals surface area contributed by atoms with E-state index in [9.17, 15) is 4.79 Å². The zero-order valence-electron chi connectivity index (χ0n) is 14.6. The highest BCUT2D eigenvalue weighted by Gasteiger charge is 2.19. The molecule has 7 heteroatoms. The predicted octanol–water partition coefficient (Wildman–Crippen LogP) is 3.86. The lowest BCUT2D eigenvalue weighted by atomic mass is 10.1. The van der Waals surface area contributed by atoms with Crippen molar-refractivity contribution in [2.45, 2.75) is 6.54 Å². The van der Waals surface area contributed by atoms with Crippen molar-refractivity contribution in [3.63, 3.8) is 0 Å². The molecular formula is C20H17N3O4. The second-order valence-electron chi connectivity index (χ2n) is 5.83. The van der Waals surface area contributed by atoms with Crippen molar-refractivity contribution < 1.29 is 18.4 Å². The van der Waals surface area contributed by atoms with Crippen LogP contribution in [0, 0.1) is 0 Å². The summed E-state index contributed by atoms with van der Waals surface area (Å²) in [5.41, 5.74) is 2.79. The van der Waals surface area contributed by atoms with Crippen molar-refractivity contribution in [3.05, 3.63) is 71.7 Å². The maximum Gasteiger partial charge on any atom is 0.255 e. The lowest BCUT2D eigenvalue weighted by molar-refractivity contribution is 0.0945. The van der Waals surface area contributed by atoms with Crippen LogP contribution >= 0.6 is 0 Å². The lowest BCUT2D eigenvalue weighted by Crippen LogP contribution is -2.23. The molecule has 3 aromatic heterocycles. The second kappa shape index (κ2) is 7.25. The summed E-state index contributed by atoms with van der Waals surface area (Å²) in [6, 6.07) is 8.94. The largest absolute Gasteiger partial charge is 0.495 e. The lowest BCUT2D eigenvalue weighted by Gasteiger charge is -2.10. The van der Waals surface area contributed by atoms with Gasteiger partial charge in [-0.25, -0.2) is 0 Å². The number of nitrogens with one attached hydrogen (secondary N) is 2. The molecule has 0 fully saturated rings. The molecule has 7 nitrogen and oxygen atoms in total. The molecule has 0 unspecified atom stereocenters. The summed E-state index contributed by atoms with van der Waals surface area (Å²) in [4.78, 5) is 12.6. The first-order valence-electron chi connectivity index (χ1n) is 8.32. The molecule has 1 aromatic carbocycles. The molecule has 3 heterocycles. The molecule has 4 rings (SSSR count). The molecule has 27 heavy (non-hydrogen) atoms. The number of carbonyl (C=O) groups excluding carboxylic acids is 1. The van der Waals surface area contributed by atoms with Crippen LogP contribution in [0.15, 0.2) is 58.0 Å². The Labute approximate surface area is 154 Å². The average molecular weight is 363 g/mol. The van der Waals surface area contributed by atoms with E-state index in [2.05, 4.69) is 15.5 Å². The third kappa shape index (κ3) is 3.35.